The number of nitrogens with zero attached hydrogens (tertiary/aromatic N) is 1. The minimum Gasteiger partial charge on any atom is -0.358 e. The Hall–Kier alpha value is -0.740. The lowest BCUT2D eigenvalue weighted by Gasteiger charge is -2.42. The fourth-order valence-electron chi connectivity index (χ4n) is 3.75. The minimum atomic E-state index is 0. The molecule has 1 atom stereocenters. The van der Waals surface area contributed by atoms with Crippen molar-refractivity contribution in [1.29, 1.82) is 0 Å². The van der Waals surface area contributed by atoms with Crippen LogP contribution in [0.5, 0.6) is 0 Å². The van der Waals surface area contributed by atoms with Crippen LogP contribution in [0.25, 0.3) is 10.9 Å². The summed E-state index contributed by atoms with van der Waals surface area (Å²) in [6, 6.07) is 9.16. The van der Waals surface area contributed by atoms with E-state index in [1.165, 1.54) is 22.2 Å². The van der Waals surface area contributed by atoms with Gasteiger partial charge in [0.05, 0.1) is 0 Å². The molecule has 1 aliphatic heterocycles. The third-order valence-electron chi connectivity index (χ3n) is 4.55. The summed E-state index contributed by atoms with van der Waals surface area (Å²) in [5, 5.41) is 4.85. The van der Waals surface area contributed by atoms with Gasteiger partial charge >= 0.3 is 0 Å². The molecule has 0 spiro atoms. The van der Waals surface area contributed by atoms with Crippen LogP contribution in [0.1, 0.15) is 38.1 Å². The zero-order valence-corrected chi connectivity index (χ0v) is 16.1. The van der Waals surface area contributed by atoms with Crippen LogP contribution in [-0.4, -0.2) is 36.1 Å². The number of H-pyrrole nitrogens is 1. The first-order valence-corrected chi connectivity index (χ1v) is 8.00. The third kappa shape index (κ3) is 4.03. The van der Waals surface area contributed by atoms with Crippen molar-refractivity contribution in [3.8, 4) is 0 Å². The van der Waals surface area contributed by atoms with Crippen molar-refractivity contribution in [2.45, 2.75) is 33.7 Å². The molecule has 0 bridgehead atoms. The van der Waals surface area contributed by atoms with Gasteiger partial charge in [0.15, 0.2) is 0 Å². The van der Waals surface area contributed by atoms with E-state index in [1.54, 1.807) is 0 Å². The molecule has 0 amide bonds. The monoisotopic (exact) mass is 357 g/mol. The van der Waals surface area contributed by atoms with Crippen LogP contribution in [-0.2, 0) is 0 Å². The summed E-state index contributed by atoms with van der Waals surface area (Å²) in [6.45, 7) is 13.7. The van der Waals surface area contributed by atoms with Gasteiger partial charge in [0.2, 0.25) is 0 Å². The SMILES string of the molecule is Cc1[nH]c2ccccc2c1[C@@H](N1CCNCC1)C(C)(C)C.Cl.Cl. The van der Waals surface area contributed by atoms with Crippen molar-refractivity contribution < 1.29 is 0 Å². The molecule has 1 saturated heterocycles. The number of piperazine rings is 1. The highest BCUT2D eigenvalue weighted by molar-refractivity contribution is 5.86. The van der Waals surface area contributed by atoms with E-state index in [0.29, 0.717) is 6.04 Å². The van der Waals surface area contributed by atoms with E-state index in [1.807, 2.05) is 0 Å². The summed E-state index contributed by atoms with van der Waals surface area (Å²) in [5.74, 6) is 0. The minimum absolute atomic E-state index is 0. The van der Waals surface area contributed by atoms with E-state index in [9.17, 15) is 0 Å². The number of rotatable bonds is 2. The van der Waals surface area contributed by atoms with Crippen LogP contribution in [0, 0.1) is 12.3 Å². The number of fused-ring (bicyclic) bond motifs is 1. The molecule has 2 N–H and O–H groups in total. The number of aromatic nitrogens is 1. The maximum atomic E-state index is 3.58. The van der Waals surface area contributed by atoms with Crippen LogP contribution in [0.2, 0.25) is 0 Å². The topological polar surface area (TPSA) is 31.1 Å². The Morgan fingerprint density at radius 2 is 1.65 bits per heavy atom. The van der Waals surface area contributed by atoms with Gasteiger partial charge < -0.3 is 10.3 Å². The average molecular weight is 358 g/mol. The van der Waals surface area contributed by atoms with Crippen molar-refractivity contribution in [3.63, 3.8) is 0 Å². The lowest BCUT2D eigenvalue weighted by atomic mass is 9.80. The summed E-state index contributed by atoms with van der Waals surface area (Å²) in [5.41, 5.74) is 4.27. The molecule has 1 aromatic carbocycles. The number of para-hydroxylation sites is 1. The van der Waals surface area contributed by atoms with Gasteiger partial charge in [-0.25, -0.2) is 0 Å². The number of nitrogens with one attached hydrogen (secondary N) is 2. The molecule has 3 nitrogen and oxygen atoms in total. The first kappa shape index (κ1) is 20.3. The fraction of sp³-hybridized carbons (Fsp3) is 0.556. The van der Waals surface area contributed by atoms with Gasteiger partial charge in [0.25, 0.3) is 0 Å². The van der Waals surface area contributed by atoms with Crippen molar-refractivity contribution >= 4 is 35.7 Å². The smallest absolute Gasteiger partial charge is 0.0459 e. The average Bonchev–Trinajstić information content (AvgIpc) is 2.76. The summed E-state index contributed by atoms with van der Waals surface area (Å²) in [6.07, 6.45) is 0. The molecule has 1 aliphatic rings. The van der Waals surface area contributed by atoms with E-state index in [-0.39, 0.29) is 30.2 Å². The Balaban J connectivity index is 0.00000132. The Morgan fingerprint density at radius 3 is 2.26 bits per heavy atom. The third-order valence-corrected chi connectivity index (χ3v) is 4.55. The molecule has 1 aromatic heterocycles. The maximum Gasteiger partial charge on any atom is 0.0459 e. The van der Waals surface area contributed by atoms with E-state index in [4.69, 9.17) is 0 Å². The molecule has 23 heavy (non-hydrogen) atoms. The first-order valence-electron chi connectivity index (χ1n) is 8.00. The molecule has 1 fully saturated rings. The van der Waals surface area contributed by atoms with Crippen LogP contribution in [0.3, 0.4) is 0 Å². The number of aryl methyl sites for hydroxylation is 1. The highest BCUT2D eigenvalue weighted by Crippen LogP contribution is 2.42. The Kier molecular flexibility index (Phi) is 6.96. The molecule has 5 heteroatoms. The zero-order chi connectivity index (χ0) is 15.0. The lowest BCUT2D eigenvalue weighted by molar-refractivity contribution is 0.0868. The molecule has 0 unspecified atom stereocenters. The van der Waals surface area contributed by atoms with Crippen LogP contribution < -0.4 is 5.32 Å². The predicted molar refractivity (Wildman–Crippen MR) is 104 cm³/mol. The van der Waals surface area contributed by atoms with Gasteiger partial charge in [-0.05, 0) is 24.0 Å². The zero-order valence-electron chi connectivity index (χ0n) is 14.5. The van der Waals surface area contributed by atoms with Crippen molar-refractivity contribution in [2.75, 3.05) is 26.2 Å². The number of aromatic amines is 1. The highest BCUT2D eigenvalue weighted by atomic mass is 35.5. The van der Waals surface area contributed by atoms with Gasteiger partial charge in [-0.15, -0.1) is 24.8 Å². The summed E-state index contributed by atoms with van der Waals surface area (Å²) in [4.78, 5) is 6.23. The van der Waals surface area contributed by atoms with Crippen molar-refractivity contribution in [3.05, 3.63) is 35.5 Å². The summed E-state index contributed by atoms with van der Waals surface area (Å²) in [7, 11) is 0. The number of halogens is 2. The number of hydrogen-bond donors (Lipinski definition) is 2. The number of benzene rings is 1. The standard InChI is InChI=1S/C18H27N3.2ClH/c1-13-16(14-7-5-6-8-15(14)20-13)17(18(2,3)4)21-11-9-19-10-12-21;;/h5-8,17,19-20H,9-12H2,1-4H3;2*1H/t17-;;/m1../s1. The van der Waals surface area contributed by atoms with E-state index in [0.717, 1.165) is 26.2 Å². The molecule has 3 rings (SSSR count). The predicted octanol–water partition coefficient (Wildman–Crippen LogP) is 4.31. The lowest BCUT2D eigenvalue weighted by Crippen LogP contribution is -2.48. The van der Waals surface area contributed by atoms with Gasteiger partial charge in [-0.2, -0.15) is 0 Å². The Morgan fingerprint density at radius 1 is 1.04 bits per heavy atom. The van der Waals surface area contributed by atoms with E-state index < -0.39 is 0 Å². The summed E-state index contributed by atoms with van der Waals surface area (Å²) >= 11 is 0. The van der Waals surface area contributed by atoms with Gasteiger partial charge in [-0.3, -0.25) is 4.90 Å². The molecule has 0 aliphatic carbocycles. The second-order valence-corrected chi connectivity index (χ2v) is 7.26. The second-order valence-electron chi connectivity index (χ2n) is 7.26. The molecule has 130 valence electrons. The molecular formula is C18H29Cl2N3. The quantitative estimate of drug-likeness (QED) is 0.838. The Bertz CT molecular complexity index is 625. The second kappa shape index (κ2) is 7.89. The highest BCUT2D eigenvalue weighted by Gasteiger charge is 2.35. The van der Waals surface area contributed by atoms with Crippen LogP contribution in [0.4, 0.5) is 0 Å². The largest absolute Gasteiger partial charge is 0.358 e. The van der Waals surface area contributed by atoms with Crippen molar-refractivity contribution in [1.82, 2.24) is 15.2 Å². The number of hydrogen-bond acceptors (Lipinski definition) is 2. The molecule has 2 aromatic rings. The van der Waals surface area contributed by atoms with Crippen molar-refractivity contribution in [2.24, 2.45) is 5.41 Å². The molecule has 0 radical (unpaired) electrons. The fourth-order valence-corrected chi connectivity index (χ4v) is 3.75. The summed E-state index contributed by atoms with van der Waals surface area (Å²) < 4.78 is 0. The first-order chi connectivity index (χ1) is 9.98. The van der Waals surface area contributed by atoms with Gasteiger partial charge in [0, 0.05) is 48.8 Å². The van der Waals surface area contributed by atoms with E-state index in [2.05, 4.69) is 67.2 Å². The molecule has 2 heterocycles. The van der Waals surface area contributed by atoms with Crippen LogP contribution in [0.15, 0.2) is 24.3 Å². The molecule has 0 saturated carbocycles. The van der Waals surface area contributed by atoms with Gasteiger partial charge in [-0.1, -0.05) is 39.0 Å². The maximum absolute atomic E-state index is 3.58. The van der Waals surface area contributed by atoms with Crippen LogP contribution >= 0.6 is 24.8 Å². The molecular weight excluding hydrogens is 329 g/mol. The van der Waals surface area contributed by atoms with E-state index >= 15 is 0 Å². The Labute approximate surface area is 152 Å². The normalized spacial score (nSPS) is 17.4. The van der Waals surface area contributed by atoms with Gasteiger partial charge in [0.1, 0.15) is 0 Å².